The second kappa shape index (κ2) is 10.2. The molecule has 0 heterocycles. The molecule has 0 radical (unpaired) electrons. The molecule has 0 spiro atoms. The molecule has 0 fully saturated rings. The fourth-order valence-electron chi connectivity index (χ4n) is 3.63. The van der Waals surface area contributed by atoms with Gasteiger partial charge in [-0.25, -0.2) is 4.48 Å². The Labute approximate surface area is 184 Å². The van der Waals surface area contributed by atoms with Crippen molar-refractivity contribution >= 4 is 27.2 Å². The maximum atomic E-state index is 10.4. The van der Waals surface area contributed by atoms with Crippen molar-refractivity contribution in [2.24, 2.45) is 0 Å². The van der Waals surface area contributed by atoms with E-state index in [1.807, 2.05) is 0 Å². The lowest BCUT2D eigenvalue weighted by Crippen LogP contribution is -2.38. The van der Waals surface area contributed by atoms with E-state index < -0.39 is 10.1 Å². The minimum atomic E-state index is -4.00. The highest BCUT2D eigenvalue weighted by Gasteiger charge is 2.33. The first-order chi connectivity index (χ1) is 15.0. The largest absolute Gasteiger partial charge is 0.294 e. The molecular formula is C26H26NO3S+. The van der Waals surface area contributed by atoms with E-state index in [1.165, 1.54) is 29.2 Å². The third-order valence-electron chi connectivity index (χ3n) is 5.11. The van der Waals surface area contributed by atoms with Gasteiger partial charge in [0.15, 0.2) is 0 Å². The van der Waals surface area contributed by atoms with Gasteiger partial charge in [-0.1, -0.05) is 72.8 Å². The Morgan fingerprint density at radius 3 is 1.10 bits per heavy atom. The summed E-state index contributed by atoms with van der Waals surface area (Å²) in [5.41, 5.74) is 3.87. The van der Waals surface area contributed by atoms with Crippen molar-refractivity contribution in [2.75, 3.05) is 6.54 Å². The minimum absolute atomic E-state index is 0.0741. The first-order valence-corrected chi connectivity index (χ1v) is 11.5. The molecular weight excluding hydrogens is 406 g/mol. The zero-order valence-electron chi connectivity index (χ0n) is 17.4. The monoisotopic (exact) mass is 432 g/mol. The molecule has 4 rings (SSSR count). The Morgan fingerprint density at radius 2 is 0.871 bits per heavy atom. The molecule has 5 heteroatoms. The SMILES string of the molecule is CC[N+](c1ccccc1)(c1ccccc1)c1ccccc1.O=S(=O)(O)c1ccccc1. The maximum absolute atomic E-state index is 10.4. The Kier molecular flexibility index (Phi) is 7.36. The van der Waals surface area contributed by atoms with Gasteiger partial charge in [-0.05, 0) is 55.5 Å². The van der Waals surface area contributed by atoms with Gasteiger partial charge in [0.05, 0.1) is 11.4 Å². The lowest BCUT2D eigenvalue weighted by Gasteiger charge is -2.36. The molecule has 0 bridgehead atoms. The van der Waals surface area contributed by atoms with Crippen molar-refractivity contribution in [3.05, 3.63) is 121 Å². The Morgan fingerprint density at radius 1 is 0.581 bits per heavy atom. The van der Waals surface area contributed by atoms with Gasteiger partial charge in [0.25, 0.3) is 10.1 Å². The zero-order valence-corrected chi connectivity index (χ0v) is 18.2. The number of para-hydroxylation sites is 3. The molecule has 31 heavy (non-hydrogen) atoms. The smallest absolute Gasteiger partial charge is 0.282 e. The number of rotatable bonds is 5. The van der Waals surface area contributed by atoms with Crippen LogP contribution >= 0.6 is 0 Å². The lowest BCUT2D eigenvalue weighted by atomic mass is 10.1. The highest BCUT2D eigenvalue weighted by molar-refractivity contribution is 7.85. The third-order valence-corrected chi connectivity index (χ3v) is 5.97. The van der Waals surface area contributed by atoms with Gasteiger partial charge in [-0.2, -0.15) is 8.42 Å². The second-order valence-electron chi connectivity index (χ2n) is 6.92. The number of nitrogens with zero attached hydrogens (tertiary/aromatic N) is 1. The van der Waals surface area contributed by atoms with E-state index in [4.69, 9.17) is 4.55 Å². The molecule has 1 N–H and O–H groups in total. The van der Waals surface area contributed by atoms with E-state index in [0.29, 0.717) is 0 Å². The Bertz CT molecular complexity index is 1070. The number of hydrogen-bond acceptors (Lipinski definition) is 2. The highest BCUT2D eigenvalue weighted by atomic mass is 32.2. The molecule has 4 aromatic carbocycles. The molecule has 4 nitrogen and oxygen atoms in total. The van der Waals surface area contributed by atoms with Gasteiger partial charge < -0.3 is 0 Å². The van der Waals surface area contributed by atoms with E-state index in [9.17, 15) is 8.42 Å². The van der Waals surface area contributed by atoms with Crippen LogP contribution in [-0.4, -0.2) is 19.5 Å². The standard InChI is InChI=1S/C20H20N.C6H6O3S/c1-2-21(18-12-6-3-7-13-18,19-14-8-4-9-15-19)20-16-10-5-11-17-20;7-10(8,9)6-4-2-1-3-5-6/h3-17H,2H2,1H3;1-5H,(H,7,8,9)/q+1;. The summed E-state index contributed by atoms with van der Waals surface area (Å²) in [6, 6.07) is 39.6. The molecule has 0 aliphatic carbocycles. The van der Waals surface area contributed by atoms with Crippen molar-refractivity contribution in [3.63, 3.8) is 0 Å². The topological polar surface area (TPSA) is 54.4 Å². The summed E-state index contributed by atoms with van der Waals surface area (Å²) in [4.78, 5) is -0.0741. The Balaban J connectivity index is 0.000000229. The van der Waals surface area contributed by atoms with E-state index in [1.54, 1.807) is 18.2 Å². The molecule has 0 aromatic heterocycles. The fraction of sp³-hybridized carbons (Fsp3) is 0.0769. The van der Waals surface area contributed by atoms with E-state index >= 15 is 0 Å². The summed E-state index contributed by atoms with van der Waals surface area (Å²) in [5.74, 6) is 0. The van der Waals surface area contributed by atoms with Crippen molar-refractivity contribution in [1.29, 1.82) is 0 Å². The van der Waals surface area contributed by atoms with Gasteiger partial charge in [-0.15, -0.1) is 0 Å². The molecule has 0 amide bonds. The summed E-state index contributed by atoms with van der Waals surface area (Å²) in [6.07, 6.45) is 0. The average molecular weight is 433 g/mol. The first-order valence-electron chi connectivity index (χ1n) is 10.1. The van der Waals surface area contributed by atoms with Gasteiger partial charge in [0, 0.05) is 0 Å². The van der Waals surface area contributed by atoms with Crippen LogP contribution in [0.3, 0.4) is 0 Å². The molecule has 0 aliphatic heterocycles. The van der Waals surface area contributed by atoms with Crippen LogP contribution in [0.1, 0.15) is 6.92 Å². The van der Waals surface area contributed by atoms with Crippen molar-refractivity contribution in [3.8, 4) is 0 Å². The van der Waals surface area contributed by atoms with Crippen LogP contribution in [0.4, 0.5) is 17.1 Å². The van der Waals surface area contributed by atoms with Crippen LogP contribution in [-0.2, 0) is 10.1 Å². The summed E-state index contributed by atoms with van der Waals surface area (Å²) >= 11 is 0. The molecule has 0 unspecified atom stereocenters. The fourth-order valence-corrected chi connectivity index (χ4v) is 4.14. The van der Waals surface area contributed by atoms with E-state index in [2.05, 4.69) is 97.9 Å². The van der Waals surface area contributed by atoms with Crippen LogP contribution in [0.2, 0.25) is 0 Å². The van der Waals surface area contributed by atoms with Gasteiger partial charge >= 0.3 is 0 Å². The quantitative estimate of drug-likeness (QED) is 0.285. The minimum Gasteiger partial charge on any atom is -0.282 e. The maximum Gasteiger partial charge on any atom is 0.294 e. The molecule has 0 saturated carbocycles. The zero-order chi connectivity index (χ0) is 22.2. The second-order valence-corrected chi connectivity index (χ2v) is 8.34. The number of quaternary nitrogens is 1. The van der Waals surface area contributed by atoms with E-state index in [-0.39, 0.29) is 4.90 Å². The molecule has 4 aromatic rings. The normalized spacial score (nSPS) is 11.3. The summed E-state index contributed by atoms with van der Waals surface area (Å²) < 4.78 is 30.0. The average Bonchev–Trinajstić information content (AvgIpc) is 2.83. The van der Waals surface area contributed by atoms with Crippen molar-refractivity contribution in [1.82, 2.24) is 4.48 Å². The van der Waals surface area contributed by atoms with Crippen LogP contribution < -0.4 is 4.48 Å². The predicted octanol–water partition coefficient (Wildman–Crippen LogP) is 6.61. The van der Waals surface area contributed by atoms with Crippen molar-refractivity contribution in [2.45, 2.75) is 11.8 Å². The van der Waals surface area contributed by atoms with Crippen molar-refractivity contribution < 1.29 is 13.0 Å². The van der Waals surface area contributed by atoms with Gasteiger partial charge in [0.2, 0.25) is 0 Å². The highest BCUT2D eigenvalue weighted by Crippen LogP contribution is 2.42. The third kappa shape index (κ3) is 5.27. The number of hydrogen-bond donors (Lipinski definition) is 1. The summed E-state index contributed by atoms with van der Waals surface area (Å²) in [5, 5.41) is 0. The summed E-state index contributed by atoms with van der Waals surface area (Å²) in [6.45, 7) is 3.21. The van der Waals surface area contributed by atoms with Crippen LogP contribution in [0.15, 0.2) is 126 Å². The molecule has 158 valence electrons. The molecule has 0 saturated heterocycles. The molecule has 0 atom stereocenters. The van der Waals surface area contributed by atoms with Crippen LogP contribution in [0.25, 0.3) is 0 Å². The van der Waals surface area contributed by atoms with Crippen LogP contribution in [0, 0.1) is 0 Å². The van der Waals surface area contributed by atoms with Gasteiger partial charge in [0.1, 0.15) is 17.1 Å². The first kappa shape index (κ1) is 22.4. The lowest BCUT2D eigenvalue weighted by molar-refractivity contribution is 0.483. The van der Waals surface area contributed by atoms with Crippen LogP contribution in [0.5, 0.6) is 0 Å². The number of benzene rings is 4. The van der Waals surface area contributed by atoms with Gasteiger partial charge in [-0.3, -0.25) is 4.55 Å². The van der Waals surface area contributed by atoms with E-state index in [0.717, 1.165) is 11.0 Å². The summed E-state index contributed by atoms with van der Waals surface area (Å²) in [7, 11) is -4.00. The molecule has 0 aliphatic rings. The predicted molar refractivity (Wildman–Crippen MR) is 127 cm³/mol. The Hall–Kier alpha value is -3.25.